The van der Waals surface area contributed by atoms with Gasteiger partial charge in [0.1, 0.15) is 0 Å². The Kier molecular flexibility index (Phi) is 7.23. The van der Waals surface area contributed by atoms with Crippen LogP contribution in [0.3, 0.4) is 0 Å². The van der Waals surface area contributed by atoms with E-state index in [-0.39, 0.29) is 11.7 Å². The molecule has 0 spiro atoms. The Morgan fingerprint density at radius 3 is 2.64 bits per heavy atom. The minimum Gasteiger partial charge on any atom is -0.341 e. The van der Waals surface area contributed by atoms with E-state index in [0.29, 0.717) is 12.5 Å². The van der Waals surface area contributed by atoms with Gasteiger partial charge in [-0.2, -0.15) is 11.8 Å². The lowest BCUT2D eigenvalue weighted by Gasteiger charge is -2.07. The van der Waals surface area contributed by atoms with Gasteiger partial charge >= 0.3 is 6.03 Å². The van der Waals surface area contributed by atoms with Crippen LogP contribution in [0.5, 0.6) is 0 Å². The number of thioether (sulfide) groups is 1. The molecule has 0 bridgehead atoms. The minimum absolute atomic E-state index is 0.279. The quantitative estimate of drug-likeness (QED) is 0.596. The molecule has 0 heterocycles. The Morgan fingerprint density at radius 2 is 2.14 bits per heavy atom. The van der Waals surface area contributed by atoms with Crippen molar-refractivity contribution >= 4 is 23.7 Å². The van der Waals surface area contributed by atoms with Crippen molar-refractivity contribution < 1.29 is 9.59 Å². The van der Waals surface area contributed by atoms with Gasteiger partial charge in [0.2, 0.25) is 5.91 Å². The molecule has 0 radical (unpaired) electrons. The van der Waals surface area contributed by atoms with Crippen LogP contribution in [0, 0.1) is 5.92 Å². The van der Waals surface area contributed by atoms with Crippen molar-refractivity contribution in [2.75, 3.05) is 25.1 Å². The van der Waals surface area contributed by atoms with Gasteiger partial charge in [0.05, 0.1) is 5.75 Å². The molecule has 4 N–H and O–H groups in total. The van der Waals surface area contributed by atoms with Crippen LogP contribution in [-0.2, 0) is 4.79 Å². The van der Waals surface area contributed by atoms with Crippen molar-refractivity contribution in [2.24, 2.45) is 11.7 Å². The third-order valence-electron chi connectivity index (χ3n) is 1.52. The lowest BCUT2D eigenvalue weighted by molar-refractivity contribution is -0.117. The van der Waals surface area contributed by atoms with Crippen LogP contribution < -0.4 is 16.4 Å². The molecule has 6 heteroatoms. The van der Waals surface area contributed by atoms with Crippen LogP contribution in [0.25, 0.3) is 0 Å². The van der Waals surface area contributed by atoms with Gasteiger partial charge in [-0.3, -0.25) is 10.1 Å². The van der Waals surface area contributed by atoms with Gasteiger partial charge in [0, 0.05) is 7.05 Å². The predicted molar refractivity (Wildman–Crippen MR) is 58.1 cm³/mol. The zero-order valence-electron chi connectivity index (χ0n) is 8.50. The maximum Gasteiger partial charge on any atom is 0.321 e. The highest BCUT2D eigenvalue weighted by Gasteiger charge is 2.06. The van der Waals surface area contributed by atoms with E-state index in [1.165, 1.54) is 18.8 Å². The Hall–Kier alpha value is -0.750. The second-order valence-electron chi connectivity index (χ2n) is 2.98. The molecule has 82 valence electrons. The summed E-state index contributed by atoms with van der Waals surface area (Å²) in [5, 5.41) is 4.49. The first-order valence-corrected chi connectivity index (χ1v) is 5.55. The maximum atomic E-state index is 11.1. The predicted octanol–water partition coefficient (Wildman–Crippen LogP) is -0.230. The molecule has 0 aromatic rings. The van der Waals surface area contributed by atoms with Crippen LogP contribution in [0.1, 0.15) is 6.92 Å². The molecule has 1 atom stereocenters. The topological polar surface area (TPSA) is 84.2 Å². The lowest BCUT2D eigenvalue weighted by Crippen LogP contribution is -2.38. The van der Waals surface area contributed by atoms with E-state index in [4.69, 9.17) is 5.73 Å². The van der Waals surface area contributed by atoms with Gasteiger partial charge in [-0.25, -0.2) is 4.79 Å². The summed E-state index contributed by atoms with van der Waals surface area (Å²) >= 11 is 1.47. The van der Waals surface area contributed by atoms with Crippen molar-refractivity contribution in [1.29, 1.82) is 0 Å². The van der Waals surface area contributed by atoms with Crippen LogP contribution in [0.15, 0.2) is 0 Å². The van der Waals surface area contributed by atoms with E-state index in [1.54, 1.807) is 0 Å². The molecule has 0 aliphatic carbocycles. The zero-order valence-corrected chi connectivity index (χ0v) is 9.32. The molecule has 1 unspecified atom stereocenters. The number of nitrogens with one attached hydrogen (secondary N) is 2. The molecule has 14 heavy (non-hydrogen) atoms. The normalized spacial score (nSPS) is 11.9. The third-order valence-corrected chi connectivity index (χ3v) is 2.79. The van der Waals surface area contributed by atoms with E-state index in [9.17, 15) is 9.59 Å². The number of amides is 3. The maximum absolute atomic E-state index is 11.1. The zero-order chi connectivity index (χ0) is 11.0. The number of urea groups is 1. The average Bonchev–Trinajstić information content (AvgIpc) is 2.17. The number of imide groups is 1. The molecule has 0 saturated heterocycles. The fourth-order valence-electron chi connectivity index (χ4n) is 0.646. The molecular weight excluding hydrogens is 202 g/mol. The van der Waals surface area contributed by atoms with Crippen molar-refractivity contribution in [3.63, 3.8) is 0 Å². The van der Waals surface area contributed by atoms with Gasteiger partial charge in [0.15, 0.2) is 0 Å². The van der Waals surface area contributed by atoms with Gasteiger partial charge in [-0.15, -0.1) is 0 Å². The summed E-state index contributed by atoms with van der Waals surface area (Å²) in [7, 11) is 1.46. The smallest absolute Gasteiger partial charge is 0.321 e. The van der Waals surface area contributed by atoms with Crippen LogP contribution in [0.2, 0.25) is 0 Å². The fourth-order valence-corrected chi connectivity index (χ4v) is 1.56. The second kappa shape index (κ2) is 7.64. The largest absolute Gasteiger partial charge is 0.341 e. The van der Waals surface area contributed by atoms with Gasteiger partial charge in [0.25, 0.3) is 0 Å². The molecule has 0 fully saturated rings. The van der Waals surface area contributed by atoms with Crippen molar-refractivity contribution in [3.8, 4) is 0 Å². The molecule has 5 nitrogen and oxygen atoms in total. The Labute approximate surface area is 88.2 Å². The third kappa shape index (κ3) is 6.73. The summed E-state index contributed by atoms with van der Waals surface area (Å²) in [5.74, 6) is 1.24. The number of hydrogen-bond acceptors (Lipinski definition) is 4. The molecular formula is C8H17N3O2S. The van der Waals surface area contributed by atoms with E-state index in [0.717, 1.165) is 5.75 Å². The van der Waals surface area contributed by atoms with Gasteiger partial charge in [-0.05, 0) is 18.2 Å². The molecule has 0 saturated carbocycles. The molecule has 0 rings (SSSR count). The summed E-state index contributed by atoms with van der Waals surface area (Å²) in [5.41, 5.74) is 5.41. The first-order valence-electron chi connectivity index (χ1n) is 4.39. The van der Waals surface area contributed by atoms with E-state index in [1.807, 2.05) is 6.92 Å². The molecule has 3 amide bonds. The van der Waals surface area contributed by atoms with Gasteiger partial charge in [-0.1, -0.05) is 6.92 Å². The number of hydrogen-bond donors (Lipinski definition) is 3. The molecule has 0 aromatic carbocycles. The summed E-state index contributed by atoms with van der Waals surface area (Å²) in [4.78, 5) is 21.8. The van der Waals surface area contributed by atoms with E-state index < -0.39 is 6.03 Å². The van der Waals surface area contributed by atoms with Crippen molar-refractivity contribution in [2.45, 2.75) is 6.92 Å². The molecule has 0 aromatic heterocycles. The highest BCUT2D eigenvalue weighted by Crippen LogP contribution is 2.06. The Balaban J connectivity index is 3.49. The summed E-state index contributed by atoms with van der Waals surface area (Å²) < 4.78 is 0. The van der Waals surface area contributed by atoms with Crippen molar-refractivity contribution in [1.82, 2.24) is 10.6 Å². The second-order valence-corrected chi connectivity index (χ2v) is 4.01. The Bertz CT molecular complexity index is 199. The van der Waals surface area contributed by atoms with E-state index in [2.05, 4.69) is 10.6 Å². The van der Waals surface area contributed by atoms with E-state index >= 15 is 0 Å². The highest BCUT2D eigenvalue weighted by atomic mass is 32.2. The summed E-state index contributed by atoms with van der Waals surface area (Å²) in [6.45, 7) is 2.63. The first-order chi connectivity index (χ1) is 6.60. The van der Waals surface area contributed by atoms with Crippen LogP contribution >= 0.6 is 11.8 Å². The average molecular weight is 219 g/mol. The number of carbonyl (C=O) groups is 2. The number of carbonyl (C=O) groups excluding carboxylic acids is 2. The standard InChI is InChI=1S/C8H17N3O2S/c1-6(3-9)4-14-5-7(12)11-8(13)10-2/h6H,3-5,9H2,1-2H3,(H2,10,11,12,13). The molecule has 0 aliphatic heterocycles. The number of nitrogens with two attached hydrogens (primary N) is 1. The first kappa shape index (κ1) is 13.2. The summed E-state index contributed by atoms with van der Waals surface area (Å²) in [6.07, 6.45) is 0. The lowest BCUT2D eigenvalue weighted by atomic mass is 10.2. The van der Waals surface area contributed by atoms with Crippen molar-refractivity contribution in [3.05, 3.63) is 0 Å². The number of rotatable bonds is 5. The van der Waals surface area contributed by atoms with Crippen LogP contribution in [-0.4, -0.2) is 37.0 Å². The van der Waals surface area contributed by atoms with Gasteiger partial charge < -0.3 is 11.1 Å². The monoisotopic (exact) mass is 219 g/mol. The summed E-state index contributed by atoms with van der Waals surface area (Å²) in [6, 6.07) is -0.470. The SMILES string of the molecule is CNC(=O)NC(=O)CSCC(C)CN. The minimum atomic E-state index is -0.470. The van der Waals surface area contributed by atoms with Crippen LogP contribution in [0.4, 0.5) is 4.79 Å². The fraction of sp³-hybridized carbons (Fsp3) is 0.750. The molecule has 0 aliphatic rings. The Morgan fingerprint density at radius 1 is 1.50 bits per heavy atom. The highest BCUT2D eigenvalue weighted by molar-refractivity contribution is 7.99.